The van der Waals surface area contributed by atoms with Crippen molar-refractivity contribution in [3.05, 3.63) is 45.8 Å². The predicted octanol–water partition coefficient (Wildman–Crippen LogP) is 2.66. The molecule has 1 aliphatic rings. The summed E-state index contributed by atoms with van der Waals surface area (Å²) in [5.41, 5.74) is 4.53. The molecule has 1 aromatic heterocycles. The summed E-state index contributed by atoms with van der Waals surface area (Å²) in [7, 11) is -3.53. The van der Waals surface area contributed by atoms with Gasteiger partial charge in [-0.1, -0.05) is 11.2 Å². The van der Waals surface area contributed by atoms with Crippen LogP contribution in [-0.4, -0.2) is 24.4 Å². The molecule has 0 fully saturated rings. The van der Waals surface area contributed by atoms with E-state index in [0.29, 0.717) is 24.4 Å². The molecule has 0 N–H and O–H groups in total. The van der Waals surface area contributed by atoms with Crippen molar-refractivity contribution in [1.29, 1.82) is 0 Å². The molecule has 22 heavy (non-hydrogen) atoms. The van der Waals surface area contributed by atoms with Crippen LogP contribution < -0.4 is 0 Å². The van der Waals surface area contributed by atoms with Crippen molar-refractivity contribution in [2.45, 2.75) is 45.6 Å². The summed E-state index contributed by atoms with van der Waals surface area (Å²) in [5.74, 6) is 0.792. The van der Waals surface area contributed by atoms with Gasteiger partial charge in [0.05, 0.1) is 11.1 Å². The zero-order valence-electron chi connectivity index (χ0n) is 13.3. The van der Waals surface area contributed by atoms with E-state index < -0.39 is 10.0 Å². The highest BCUT2D eigenvalue weighted by atomic mass is 32.2. The van der Waals surface area contributed by atoms with Crippen molar-refractivity contribution in [2.75, 3.05) is 6.54 Å². The zero-order valence-corrected chi connectivity index (χ0v) is 14.1. The van der Waals surface area contributed by atoms with Crippen molar-refractivity contribution in [3.63, 3.8) is 0 Å². The van der Waals surface area contributed by atoms with E-state index in [1.807, 2.05) is 33.8 Å². The van der Waals surface area contributed by atoms with Gasteiger partial charge in [-0.2, -0.15) is 4.31 Å². The van der Waals surface area contributed by atoms with Crippen LogP contribution in [0, 0.1) is 27.7 Å². The Morgan fingerprint density at radius 1 is 1.14 bits per heavy atom. The fourth-order valence-electron chi connectivity index (χ4n) is 3.02. The number of hydrogen-bond donors (Lipinski definition) is 0. The summed E-state index contributed by atoms with van der Waals surface area (Å²) in [6.45, 7) is 8.42. The van der Waals surface area contributed by atoms with E-state index in [1.54, 1.807) is 6.20 Å². The Morgan fingerprint density at radius 2 is 1.77 bits per heavy atom. The fourth-order valence-corrected chi connectivity index (χ4v) is 5.01. The SMILES string of the molecule is Cc1cc(C)c(C)c(S(=O)(=O)N2CCc3oncc3C2)c1C. The van der Waals surface area contributed by atoms with Crippen molar-refractivity contribution in [3.8, 4) is 0 Å². The molecule has 0 unspecified atom stereocenters. The molecule has 0 atom stereocenters. The lowest BCUT2D eigenvalue weighted by atomic mass is 10.0. The Kier molecular flexibility index (Phi) is 3.61. The second-order valence-electron chi connectivity index (χ2n) is 5.95. The second kappa shape index (κ2) is 5.21. The summed E-state index contributed by atoms with van der Waals surface area (Å²) in [6.07, 6.45) is 2.18. The maximum atomic E-state index is 13.1. The monoisotopic (exact) mass is 320 g/mol. The number of aryl methyl sites for hydroxylation is 2. The van der Waals surface area contributed by atoms with Gasteiger partial charge >= 0.3 is 0 Å². The highest BCUT2D eigenvalue weighted by Crippen LogP contribution is 2.31. The van der Waals surface area contributed by atoms with Crippen LogP contribution >= 0.6 is 0 Å². The van der Waals surface area contributed by atoms with E-state index in [0.717, 1.165) is 33.6 Å². The van der Waals surface area contributed by atoms with Crippen LogP contribution in [0.15, 0.2) is 21.7 Å². The molecule has 0 amide bonds. The Balaban J connectivity index is 2.09. The summed E-state index contributed by atoms with van der Waals surface area (Å²) in [6, 6.07) is 2.04. The molecule has 2 aromatic rings. The minimum Gasteiger partial charge on any atom is -0.361 e. The number of rotatable bonds is 2. The Morgan fingerprint density at radius 3 is 2.41 bits per heavy atom. The molecule has 0 spiro atoms. The van der Waals surface area contributed by atoms with Crippen LogP contribution in [0.1, 0.15) is 33.6 Å². The lowest BCUT2D eigenvalue weighted by molar-refractivity contribution is 0.331. The molecule has 118 valence electrons. The van der Waals surface area contributed by atoms with Crippen molar-refractivity contribution in [2.24, 2.45) is 0 Å². The average Bonchev–Trinajstić information content (AvgIpc) is 2.92. The third-order valence-corrected chi connectivity index (χ3v) is 6.68. The van der Waals surface area contributed by atoms with E-state index in [9.17, 15) is 8.42 Å². The highest BCUT2D eigenvalue weighted by molar-refractivity contribution is 7.89. The number of hydrogen-bond acceptors (Lipinski definition) is 4. The van der Waals surface area contributed by atoms with E-state index in [4.69, 9.17) is 4.52 Å². The highest BCUT2D eigenvalue weighted by Gasteiger charge is 2.32. The normalized spacial score (nSPS) is 15.8. The first-order chi connectivity index (χ1) is 10.3. The molecule has 0 radical (unpaired) electrons. The second-order valence-corrected chi connectivity index (χ2v) is 7.83. The summed E-state index contributed by atoms with van der Waals surface area (Å²) >= 11 is 0. The largest absolute Gasteiger partial charge is 0.361 e. The van der Waals surface area contributed by atoms with Crippen molar-refractivity contribution >= 4 is 10.0 Å². The molecule has 5 nitrogen and oxygen atoms in total. The van der Waals surface area contributed by atoms with Gasteiger partial charge in [0.1, 0.15) is 5.76 Å². The van der Waals surface area contributed by atoms with Gasteiger partial charge in [-0.15, -0.1) is 0 Å². The Bertz CT molecular complexity index is 811. The van der Waals surface area contributed by atoms with E-state index in [2.05, 4.69) is 5.16 Å². The van der Waals surface area contributed by atoms with Gasteiger partial charge in [0.15, 0.2) is 0 Å². The maximum Gasteiger partial charge on any atom is 0.243 e. The fraction of sp³-hybridized carbons (Fsp3) is 0.438. The molecule has 1 aliphatic heterocycles. The Labute approximate surface area is 131 Å². The maximum absolute atomic E-state index is 13.1. The van der Waals surface area contributed by atoms with E-state index in [1.165, 1.54) is 4.31 Å². The van der Waals surface area contributed by atoms with Crippen LogP contribution in [-0.2, 0) is 23.0 Å². The summed E-state index contributed by atoms with van der Waals surface area (Å²) in [5, 5.41) is 3.76. The molecule has 6 heteroatoms. The molecule has 1 aromatic carbocycles. The standard InChI is InChI=1S/C16H20N2O3S/c1-10-7-11(2)13(4)16(12(10)3)22(19,20)18-6-5-15-14(9-18)8-17-21-15/h7-8H,5-6,9H2,1-4H3. The van der Waals surface area contributed by atoms with Gasteiger partial charge < -0.3 is 4.52 Å². The quantitative estimate of drug-likeness (QED) is 0.853. The number of benzene rings is 1. The van der Waals surface area contributed by atoms with Crippen LogP contribution in [0.2, 0.25) is 0 Å². The third kappa shape index (κ3) is 2.27. The molecule has 0 saturated heterocycles. The van der Waals surface area contributed by atoms with Gasteiger partial charge in [-0.25, -0.2) is 8.42 Å². The minimum absolute atomic E-state index is 0.326. The molecular formula is C16H20N2O3S. The lowest BCUT2D eigenvalue weighted by Crippen LogP contribution is -2.36. The van der Waals surface area contributed by atoms with Gasteiger partial charge in [0.25, 0.3) is 0 Å². The van der Waals surface area contributed by atoms with E-state index in [-0.39, 0.29) is 0 Å². The first kappa shape index (κ1) is 15.2. The van der Waals surface area contributed by atoms with Crippen LogP contribution in [0.25, 0.3) is 0 Å². The smallest absolute Gasteiger partial charge is 0.243 e. The predicted molar refractivity (Wildman–Crippen MR) is 83.2 cm³/mol. The first-order valence-corrected chi connectivity index (χ1v) is 8.76. The molecule has 0 bridgehead atoms. The number of nitrogens with zero attached hydrogens (tertiary/aromatic N) is 2. The van der Waals surface area contributed by atoms with Gasteiger partial charge in [-0.05, 0) is 49.9 Å². The topological polar surface area (TPSA) is 63.4 Å². The number of sulfonamides is 1. The van der Waals surface area contributed by atoms with Crippen LogP contribution in [0.3, 0.4) is 0 Å². The first-order valence-electron chi connectivity index (χ1n) is 7.32. The molecule has 2 heterocycles. The van der Waals surface area contributed by atoms with E-state index >= 15 is 0 Å². The molecule has 3 rings (SSSR count). The lowest BCUT2D eigenvalue weighted by Gasteiger charge is -2.27. The van der Waals surface area contributed by atoms with Crippen molar-refractivity contribution < 1.29 is 12.9 Å². The molecule has 0 aliphatic carbocycles. The number of fused-ring (bicyclic) bond motifs is 1. The third-order valence-electron chi connectivity index (χ3n) is 4.56. The summed E-state index contributed by atoms with van der Waals surface area (Å²) < 4.78 is 32.9. The Hall–Kier alpha value is -1.66. The zero-order chi connectivity index (χ0) is 16.1. The van der Waals surface area contributed by atoms with Gasteiger partial charge in [0, 0.05) is 25.1 Å². The number of aromatic nitrogens is 1. The van der Waals surface area contributed by atoms with Gasteiger partial charge in [0.2, 0.25) is 10.0 Å². The van der Waals surface area contributed by atoms with Gasteiger partial charge in [-0.3, -0.25) is 0 Å². The minimum atomic E-state index is -3.53. The summed E-state index contributed by atoms with van der Waals surface area (Å²) in [4.78, 5) is 0.449. The molecular weight excluding hydrogens is 300 g/mol. The van der Waals surface area contributed by atoms with Crippen molar-refractivity contribution in [1.82, 2.24) is 9.46 Å². The van der Waals surface area contributed by atoms with Crippen LogP contribution in [0.4, 0.5) is 0 Å². The molecule has 0 saturated carbocycles. The van der Waals surface area contributed by atoms with Crippen LogP contribution in [0.5, 0.6) is 0 Å². The average molecular weight is 320 g/mol.